The molecule has 0 aliphatic carbocycles. The maximum atomic E-state index is 12.6. The molecule has 0 spiro atoms. The number of carbonyl (C=O) groups excluding carboxylic acids is 1. The molecule has 1 amide bonds. The fourth-order valence-corrected chi connectivity index (χ4v) is 5.68. The number of aliphatic hydroxyl groups is 1. The summed E-state index contributed by atoms with van der Waals surface area (Å²) < 4.78 is 5.53. The van der Waals surface area contributed by atoms with Gasteiger partial charge >= 0.3 is 6.09 Å². The Morgan fingerprint density at radius 1 is 1.10 bits per heavy atom. The number of hydrogen-bond donors (Lipinski definition) is 1. The molecular weight excluding hydrogens is 455 g/mol. The van der Waals surface area contributed by atoms with Crippen LogP contribution in [0.4, 0.5) is 16.2 Å². The molecule has 2 heterocycles. The van der Waals surface area contributed by atoms with E-state index in [9.17, 15) is 9.90 Å². The summed E-state index contributed by atoms with van der Waals surface area (Å²) in [6, 6.07) is 11.4. The number of likely N-dealkylation sites (tertiary alicyclic amines) is 1. The fourth-order valence-electron chi connectivity index (χ4n) is 4.06. The zero-order valence-corrected chi connectivity index (χ0v) is 20.1. The second-order valence-corrected chi connectivity index (χ2v) is 10.9. The molecular formula is C23H26Cl2N2O3S. The van der Waals surface area contributed by atoms with Crippen LogP contribution in [0.25, 0.3) is 0 Å². The van der Waals surface area contributed by atoms with Crippen LogP contribution in [0.5, 0.6) is 0 Å². The molecule has 2 aromatic rings. The summed E-state index contributed by atoms with van der Waals surface area (Å²) in [5, 5.41) is 12.6. The number of fused-ring (bicyclic) bond motifs is 2. The first-order valence-electron chi connectivity index (χ1n) is 10.3. The molecule has 1 fully saturated rings. The second-order valence-electron chi connectivity index (χ2n) is 8.90. The van der Waals surface area contributed by atoms with Gasteiger partial charge in [-0.25, -0.2) is 4.79 Å². The van der Waals surface area contributed by atoms with Crippen LogP contribution in [0.2, 0.25) is 10.0 Å². The Bertz CT molecular complexity index is 944. The van der Waals surface area contributed by atoms with Crippen LogP contribution >= 0.6 is 35.0 Å². The van der Waals surface area contributed by atoms with E-state index in [0.29, 0.717) is 16.6 Å². The van der Waals surface area contributed by atoms with Crippen molar-refractivity contribution in [3.63, 3.8) is 0 Å². The molecule has 31 heavy (non-hydrogen) atoms. The molecule has 0 unspecified atom stereocenters. The predicted molar refractivity (Wildman–Crippen MR) is 126 cm³/mol. The van der Waals surface area contributed by atoms with Crippen molar-refractivity contribution in [2.24, 2.45) is 0 Å². The molecule has 0 radical (unpaired) electrons. The van der Waals surface area contributed by atoms with Crippen LogP contribution in [0, 0.1) is 0 Å². The minimum absolute atomic E-state index is 0.201. The summed E-state index contributed by atoms with van der Waals surface area (Å²) in [6.07, 6.45) is 0.358. The van der Waals surface area contributed by atoms with Crippen LogP contribution in [-0.4, -0.2) is 46.9 Å². The topological polar surface area (TPSA) is 53.0 Å². The molecule has 2 aliphatic rings. The van der Waals surface area contributed by atoms with E-state index in [1.807, 2.05) is 57.2 Å². The van der Waals surface area contributed by atoms with E-state index < -0.39 is 11.7 Å². The lowest BCUT2D eigenvalue weighted by Gasteiger charge is -2.40. The van der Waals surface area contributed by atoms with Gasteiger partial charge in [-0.2, -0.15) is 0 Å². The van der Waals surface area contributed by atoms with E-state index in [1.54, 1.807) is 16.7 Å². The van der Waals surface area contributed by atoms with E-state index in [4.69, 9.17) is 27.9 Å². The quantitative estimate of drug-likeness (QED) is 0.514. The maximum absolute atomic E-state index is 12.6. The number of β-amino-alcohol motifs (C(OH)–C–C–N with tert-alkyl or cyclic N) is 1. The van der Waals surface area contributed by atoms with Crippen LogP contribution in [0.1, 0.15) is 33.6 Å². The molecule has 8 heteroatoms. The van der Waals surface area contributed by atoms with Crippen molar-refractivity contribution >= 4 is 52.4 Å². The molecule has 2 aliphatic heterocycles. The molecule has 0 bridgehead atoms. The number of rotatable bonds is 1. The molecule has 166 valence electrons. The Morgan fingerprint density at radius 3 is 2.23 bits per heavy atom. The molecule has 0 saturated carbocycles. The second kappa shape index (κ2) is 8.74. The summed E-state index contributed by atoms with van der Waals surface area (Å²) in [5.74, 6) is 0. The minimum atomic E-state index is -0.745. The standard InChI is InChI=1S/C23H26Cl2N2O3S/c1-23(2,3)30-22(29)26-10-4-5-16(19(28)13-26)27-17-8-6-14(24)11-20(17)31-21-12-15(25)7-9-18(21)27/h6-9,11-12,16,19,28H,4-5,10,13H2,1-3H3/t16-,19-/m1/s1. The van der Waals surface area contributed by atoms with Crippen LogP contribution in [0.3, 0.4) is 0 Å². The minimum Gasteiger partial charge on any atom is -0.444 e. The van der Waals surface area contributed by atoms with Gasteiger partial charge in [-0.05, 0) is 70.0 Å². The van der Waals surface area contributed by atoms with Gasteiger partial charge in [0.1, 0.15) is 5.60 Å². The first-order valence-corrected chi connectivity index (χ1v) is 11.9. The summed E-state index contributed by atoms with van der Waals surface area (Å²) >= 11 is 14.1. The van der Waals surface area contributed by atoms with Crippen molar-refractivity contribution in [3.8, 4) is 0 Å². The number of nitrogens with zero attached hydrogens (tertiary/aromatic N) is 2. The third-order valence-electron chi connectivity index (χ3n) is 5.35. The summed E-state index contributed by atoms with van der Waals surface area (Å²) in [7, 11) is 0. The third-order valence-corrected chi connectivity index (χ3v) is 6.91. The first kappa shape index (κ1) is 22.6. The van der Waals surface area contributed by atoms with E-state index in [2.05, 4.69) is 4.90 Å². The molecule has 1 saturated heterocycles. The lowest BCUT2D eigenvalue weighted by atomic mass is 10.0. The Labute approximate surface area is 197 Å². The number of aliphatic hydroxyl groups excluding tert-OH is 1. The van der Waals surface area contributed by atoms with Crippen LogP contribution in [-0.2, 0) is 4.74 Å². The first-order chi connectivity index (χ1) is 14.6. The summed E-state index contributed by atoms with van der Waals surface area (Å²) in [6.45, 7) is 6.30. The highest BCUT2D eigenvalue weighted by molar-refractivity contribution is 7.99. The van der Waals surface area contributed by atoms with Crippen molar-refractivity contribution in [1.29, 1.82) is 0 Å². The summed E-state index contributed by atoms with van der Waals surface area (Å²) in [4.78, 5) is 18.4. The lowest BCUT2D eigenvalue weighted by Crippen LogP contribution is -2.47. The zero-order valence-electron chi connectivity index (χ0n) is 17.8. The number of carbonyl (C=O) groups is 1. The van der Waals surface area contributed by atoms with Gasteiger partial charge in [0.25, 0.3) is 0 Å². The molecule has 2 aromatic carbocycles. The average molecular weight is 481 g/mol. The van der Waals surface area contributed by atoms with Gasteiger partial charge in [0.05, 0.1) is 30.1 Å². The van der Waals surface area contributed by atoms with Crippen LogP contribution in [0.15, 0.2) is 46.2 Å². The van der Waals surface area contributed by atoms with Crippen molar-refractivity contribution < 1.29 is 14.6 Å². The van der Waals surface area contributed by atoms with Gasteiger partial charge in [0.15, 0.2) is 0 Å². The highest BCUT2D eigenvalue weighted by Gasteiger charge is 2.37. The van der Waals surface area contributed by atoms with Crippen molar-refractivity contribution in [2.75, 3.05) is 18.0 Å². The number of halogens is 2. The smallest absolute Gasteiger partial charge is 0.410 e. The molecule has 2 atom stereocenters. The van der Waals surface area contributed by atoms with E-state index >= 15 is 0 Å². The van der Waals surface area contributed by atoms with E-state index in [-0.39, 0.29) is 18.7 Å². The van der Waals surface area contributed by atoms with Gasteiger partial charge in [0, 0.05) is 26.4 Å². The molecule has 5 nitrogen and oxygen atoms in total. The Balaban J connectivity index is 1.67. The van der Waals surface area contributed by atoms with Crippen molar-refractivity contribution in [1.82, 2.24) is 4.90 Å². The highest BCUT2D eigenvalue weighted by Crippen LogP contribution is 2.51. The lowest BCUT2D eigenvalue weighted by molar-refractivity contribution is 0.0163. The number of amides is 1. The van der Waals surface area contributed by atoms with Gasteiger partial charge in [-0.1, -0.05) is 35.0 Å². The number of ether oxygens (including phenoxy) is 1. The van der Waals surface area contributed by atoms with E-state index in [1.165, 1.54) is 0 Å². The number of hydrogen-bond acceptors (Lipinski definition) is 5. The Morgan fingerprint density at radius 2 is 1.68 bits per heavy atom. The molecule has 1 N–H and O–H groups in total. The SMILES string of the molecule is CC(C)(C)OC(=O)N1CCC[C@@H](N2c3ccc(Cl)cc3Sc3cc(Cl)ccc32)[C@H](O)C1. The maximum Gasteiger partial charge on any atom is 0.410 e. The number of benzene rings is 2. The van der Waals surface area contributed by atoms with E-state index in [0.717, 1.165) is 34.0 Å². The number of anilines is 2. The van der Waals surface area contributed by atoms with Crippen molar-refractivity contribution in [3.05, 3.63) is 46.4 Å². The predicted octanol–water partition coefficient (Wildman–Crippen LogP) is 6.36. The van der Waals surface area contributed by atoms with Gasteiger partial charge in [0.2, 0.25) is 0 Å². The third kappa shape index (κ3) is 4.92. The molecule has 0 aromatic heterocycles. The summed E-state index contributed by atoms with van der Waals surface area (Å²) in [5.41, 5.74) is 1.42. The Kier molecular flexibility index (Phi) is 6.37. The monoisotopic (exact) mass is 480 g/mol. The van der Waals surface area contributed by atoms with Crippen molar-refractivity contribution in [2.45, 2.75) is 61.2 Å². The van der Waals surface area contributed by atoms with Gasteiger partial charge < -0.3 is 19.6 Å². The van der Waals surface area contributed by atoms with Gasteiger partial charge in [-0.3, -0.25) is 0 Å². The fraction of sp³-hybridized carbons (Fsp3) is 0.435. The average Bonchev–Trinajstić information content (AvgIpc) is 2.86. The van der Waals surface area contributed by atoms with Gasteiger partial charge in [-0.15, -0.1) is 0 Å². The zero-order chi connectivity index (χ0) is 22.3. The van der Waals surface area contributed by atoms with Crippen LogP contribution < -0.4 is 4.90 Å². The highest BCUT2D eigenvalue weighted by atomic mass is 35.5. The molecule has 4 rings (SSSR count). The Hall–Kier alpha value is -1.60. The largest absolute Gasteiger partial charge is 0.444 e. The normalized spacial score (nSPS) is 21.2.